The van der Waals surface area contributed by atoms with Crippen molar-refractivity contribution in [2.75, 3.05) is 6.54 Å². The van der Waals surface area contributed by atoms with Gasteiger partial charge >= 0.3 is 0 Å². The molecule has 2 saturated heterocycles. The molecule has 0 bridgehead atoms. The van der Waals surface area contributed by atoms with E-state index >= 15 is 0 Å². The van der Waals surface area contributed by atoms with Crippen molar-refractivity contribution >= 4 is 11.7 Å². The zero-order valence-electron chi connectivity index (χ0n) is 13.4. The van der Waals surface area contributed by atoms with Gasteiger partial charge in [-0.25, -0.2) is 0 Å². The topological polar surface area (TPSA) is 46.6 Å². The van der Waals surface area contributed by atoms with Crippen molar-refractivity contribution in [2.45, 2.75) is 71.1 Å². The van der Waals surface area contributed by atoms with Crippen molar-refractivity contribution in [3.05, 3.63) is 0 Å². The molecule has 6 atom stereocenters. The highest BCUT2D eigenvalue weighted by Gasteiger charge is 2.47. The monoisotopic (exact) mass is 293 g/mol. The molecule has 0 aromatic rings. The van der Waals surface area contributed by atoms with Crippen molar-refractivity contribution in [1.82, 2.24) is 4.90 Å². The summed E-state index contributed by atoms with van der Waals surface area (Å²) in [5.74, 6) is 0.908. The maximum Gasteiger partial charge on any atom is 0.228 e. The summed E-state index contributed by atoms with van der Waals surface area (Å²) >= 11 is 0. The van der Waals surface area contributed by atoms with Gasteiger partial charge in [0, 0.05) is 24.9 Å². The fourth-order valence-electron chi connectivity index (χ4n) is 4.62. The van der Waals surface area contributed by atoms with Gasteiger partial charge in [0.05, 0.1) is 18.1 Å². The first-order valence-corrected chi connectivity index (χ1v) is 8.49. The van der Waals surface area contributed by atoms with Gasteiger partial charge in [-0.2, -0.15) is 0 Å². The number of ether oxygens (including phenoxy) is 1. The van der Waals surface area contributed by atoms with E-state index in [-0.39, 0.29) is 41.9 Å². The second-order valence-corrected chi connectivity index (χ2v) is 7.14. The molecule has 0 aromatic heterocycles. The molecule has 0 aromatic carbocycles. The maximum absolute atomic E-state index is 13.0. The van der Waals surface area contributed by atoms with E-state index in [0.29, 0.717) is 12.2 Å². The van der Waals surface area contributed by atoms with Crippen molar-refractivity contribution in [3.8, 4) is 0 Å². The average Bonchev–Trinajstić information content (AvgIpc) is 3.10. The molecule has 0 spiro atoms. The van der Waals surface area contributed by atoms with Gasteiger partial charge in [0.2, 0.25) is 5.91 Å². The van der Waals surface area contributed by atoms with Gasteiger partial charge in [0.25, 0.3) is 0 Å². The summed E-state index contributed by atoms with van der Waals surface area (Å²) in [5.41, 5.74) is 0. The summed E-state index contributed by atoms with van der Waals surface area (Å²) in [6.45, 7) is 6.99. The lowest BCUT2D eigenvalue weighted by Crippen LogP contribution is -2.46. The molecule has 2 aliphatic heterocycles. The van der Waals surface area contributed by atoms with Crippen LogP contribution < -0.4 is 0 Å². The normalized spacial score (nSPS) is 43.8. The van der Waals surface area contributed by atoms with Crippen LogP contribution in [0.2, 0.25) is 0 Å². The number of rotatable bonds is 2. The summed E-state index contributed by atoms with van der Waals surface area (Å²) in [4.78, 5) is 27.1. The highest BCUT2D eigenvalue weighted by Crippen LogP contribution is 2.38. The molecule has 4 nitrogen and oxygen atoms in total. The average molecular weight is 293 g/mol. The van der Waals surface area contributed by atoms with Crippen LogP contribution in [0.1, 0.15) is 52.9 Å². The smallest absolute Gasteiger partial charge is 0.228 e. The number of carbonyl (C=O) groups is 2. The zero-order valence-corrected chi connectivity index (χ0v) is 13.4. The maximum atomic E-state index is 13.0. The van der Waals surface area contributed by atoms with Crippen molar-refractivity contribution in [1.29, 1.82) is 0 Å². The highest BCUT2D eigenvalue weighted by atomic mass is 16.5. The molecule has 21 heavy (non-hydrogen) atoms. The van der Waals surface area contributed by atoms with E-state index in [1.807, 2.05) is 11.8 Å². The molecule has 1 amide bonds. The summed E-state index contributed by atoms with van der Waals surface area (Å²) in [6, 6.07) is 0.155. The standard InChI is InChI=1S/C17H27NO3/c1-10-11(2)21-12(3)16(10)17(20)18-9-5-7-14(18)13-6-4-8-15(13)19/h10-14,16H,4-9H2,1-3H3. The van der Waals surface area contributed by atoms with E-state index in [1.165, 1.54) is 0 Å². The summed E-state index contributed by atoms with van der Waals surface area (Å²) in [7, 11) is 0. The predicted octanol–water partition coefficient (Wildman–Crippen LogP) is 2.41. The van der Waals surface area contributed by atoms with E-state index in [9.17, 15) is 9.59 Å². The van der Waals surface area contributed by atoms with Crippen LogP contribution in [0.5, 0.6) is 0 Å². The molecular weight excluding hydrogens is 266 g/mol. The van der Waals surface area contributed by atoms with Gasteiger partial charge in [-0.3, -0.25) is 9.59 Å². The molecule has 1 saturated carbocycles. The summed E-state index contributed by atoms with van der Waals surface area (Å²) < 4.78 is 5.83. The van der Waals surface area contributed by atoms with Gasteiger partial charge < -0.3 is 9.64 Å². The van der Waals surface area contributed by atoms with Crippen molar-refractivity contribution in [2.24, 2.45) is 17.8 Å². The lowest BCUT2D eigenvalue weighted by Gasteiger charge is -2.32. The van der Waals surface area contributed by atoms with Gasteiger partial charge in [-0.15, -0.1) is 0 Å². The molecule has 0 N–H and O–H groups in total. The largest absolute Gasteiger partial charge is 0.374 e. The van der Waals surface area contributed by atoms with Crippen LogP contribution in [0.3, 0.4) is 0 Å². The number of ketones is 1. The van der Waals surface area contributed by atoms with Crippen LogP contribution in [0.15, 0.2) is 0 Å². The van der Waals surface area contributed by atoms with E-state index < -0.39 is 0 Å². The zero-order chi connectivity index (χ0) is 15.1. The molecule has 3 fully saturated rings. The third kappa shape index (κ3) is 2.52. The lowest BCUT2D eigenvalue weighted by molar-refractivity contribution is -0.140. The minimum Gasteiger partial charge on any atom is -0.374 e. The number of carbonyl (C=O) groups excluding carboxylic acids is 2. The van der Waals surface area contributed by atoms with Crippen LogP contribution in [0.4, 0.5) is 0 Å². The third-order valence-corrected chi connectivity index (χ3v) is 5.93. The molecular formula is C17H27NO3. The predicted molar refractivity (Wildman–Crippen MR) is 79.7 cm³/mol. The Morgan fingerprint density at radius 1 is 1.14 bits per heavy atom. The highest BCUT2D eigenvalue weighted by molar-refractivity contribution is 5.86. The molecule has 2 heterocycles. The molecule has 0 radical (unpaired) electrons. The quantitative estimate of drug-likeness (QED) is 0.785. The Morgan fingerprint density at radius 3 is 2.48 bits per heavy atom. The van der Waals surface area contributed by atoms with Gasteiger partial charge in [-0.05, 0) is 45.4 Å². The first kappa shape index (κ1) is 15.0. The van der Waals surface area contributed by atoms with E-state index in [2.05, 4.69) is 13.8 Å². The first-order chi connectivity index (χ1) is 10.0. The Labute approximate surface area is 127 Å². The SMILES string of the molecule is CC1OC(C)C(C(=O)N2CCCC2C2CCCC2=O)C1C. The third-order valence-electron chi connectivity index (χ3n) is 5.93. The number of Topliss-reactive ketones (excluding diaryl/α,β-unsaturated/α-hetero) is 1. The molecule has 1 aliphatic carbocycles. The van der Waals surface area contributed by atoms with E-state index in [1.54, 1.807) is 0 Å². The molecule has 3 rings (SSSR count). The van der Waals surface area contributed by atoms with E-state index in [0.717, 1.165) is 32.2 Å². The Hall–Kier alpha value is -0.900. The second-order valence-electron chi connectivity index (χ2n) is 7.14. The van der Waals surface area contributed by atoms with Crippen LogP contribution in [0.25, 0.3) is 0 Å². The molecule has 4 heteroatoms. The van der Waals surface area contributed by atoms with E-state index in [4.69, 9.17) is 4.74 Å². The van der Waals surface area contributed by atoms with Crippen molar-refractivity contribution in [3.63, 3.8) is 0 Å². The Kier molecular flexibility index (Phi) is 4.08. The Balaban J connectivity index is 1.75. The Bertz CT molecular complexity index is 436. The lowest BCUT2D eigenvalue weighted by atomic mass is 9.87. The molecule has 3 aliphatic rings. The Morgan fingerprint density at radius 2 is 1.90 bits per heavy atom. The fourth-order valence-corrected chi connectivity index (χ4v) is 4.62. The number of nitrogens with zero attached hydrogens (tertiary/aromatic N) is 1. The first-order valence-electron chi connectivity index (χ1n) is 8.49. The minimum atomic E-state index is -0.0443. The van der Waals surface area contributed by atoms with Gasteiger partial charge in [0.1, 0.15) is 5.78 Å². The van der Waals surface area contributed by atoms with Crippen molar-refractivity contribution < 1.29 is 14.3 Å². The van der Waals surface area contributed by atoms with Crippen LogP contribution in [0, 0.1) is 17.8 Å². The van der Waals surface area contributed by atoms with Gasteiger partial charge in [0.15, 0.2) is 0 Å². The number of amides is 1. The fraction of sp³-hybridized carbons (Fsp3) is 0.882. The number of likely N-dealkylation sites (tertiary alicyclic amines) is 1. The number of hydrogen-bond donors (Lipinski definition) is 0. The van der Waals surface area contributed by atoms with Crippen LogP contribution in [-0.4, -0.2) is 41.4 Å². The minimum absolute atomic E-state index is 0.0111. The molecule has 118 valence electrons. The summed E-state index contributed by atoms with van der Waals surface area (Å²) in [5, 5.41) is 0. The molecule has 6 unspecified atom stereocenters. The van der Waals surface area contributed by atoms with Crippen LogP contribution >= 0.6 is 0 Å². The summed E-state index contributed by atoms with van der Waals surface area (Å²) in [6.07, 6.45) is 4.83. The second kappa shape index (κ2) is 5.71. The van der Waals surface area contributed by atoms with Gasteiger partial charge in [-0.1, -0.05) is 6.92 Å². The van der Waals surface area contributed by atoms with Crippen LogP contribution in [-0.2, 0) is 14.3 Å². The number of hydrogen-bond acceptors (Lipinski definition) is 3.